The van der Waals surface area contributed by atoms with E-state index in [-0.39, 0.29) is 5.82 Å². The molecule has 0 amide bonds. The van der Waals surface area contributed by atoms with Crippen molar-refractivity contribution in [3.8, 4) is 21.6 Å². The summed E-state index contributed by atoms with van der Waals surface area (Å²) in [4.78, 5) is 1.15. The van der Waals surface area contributed by atoms with Gasteiger partial charge in [-0.1, -0.05) is 42.0 Å². The van der Waals surface area contributed by atoms with Crippen molar-refractivity contribution >= 4 is 27.3 Å². The molecule has 0 nitrogen and oxygen atoms in total. The van der Waals surface area contributed by atoms with Crippen molar-refractivity contribution in [2.24, 2.45) is 0 Å². The van der Waals surface area contributed by atoms with Gasteiger partial charge in [-0.15, -0.1) is 11.3 Å². The zero-order valence-corrected chi connectivity index (χ0v) is 13.3. The highest BCUT2D eigenvalue weighted by Gasteiger charge is 2.12. The van der Waals surface area contributed by atoms with Gasteiger partial charge in [-0.25, -0.2) is 4.39 Å². The Morgan fingerprint density at radius 3 is 2.15 bits per heavy atom. The lowest BCUT2D eigenvalue weighted by Crippen LogP contribution is -1.81. The molecular weight excluding hydrogens is 335 g/mol. The molecule has 0 radical (unpaired) electrons. The zero-order valence-electron chi connectivity index (χ0n) is 10.9. The van der Waals surface area contributed by atoms with Gasteiger partial charge in [-0.2, -0.15) is 0 Å². The Hall–Kier alpha value is -1.45. The minimum atomic E-state index is -0.207. The van der Waals surface area contributed by atoms with Crippen LogP contribution >= 0.6 is 27.3 Å². The van der Waals surface area contributed by atoms with Crippen LogP contribution in [0.5, 0.6) is 0 Å². The van der Waals surface area contributed by atoms with Gasteiger partial charge in [0.15, 0.2) is 0 Å². The summed E-state index contributed by atoms with van der Waals surface area (Å²) in [7, 11) is 0. The van der Waals surface area contributed by atoms with Crippen molar-refractivity contribution in [1.29, 1.82) is 0 Å². The molecule has 0 aliphatic heterocycles. The van der Waals surface area contributed by atoms with Crippen LogP contribution in [0.1, 0.15) is 5.56 Å². The molecule has 3 rings (SSSR count). The molecule has 100 valence electrons. The summed E-state index contributed by atoms with van der Waals surface area (Å²) >= 11 is 5.22. The van der Waals surface area contributed by atoms with Crippen molar-refractivity contribution in [3.05, 3.63) is 69.8 Å². The molecular formula is C17H12BrFS. The van der Waals surface area contributed by atoms with Gasteiger partial charge in [-0.05, 0) is 52.2 Å². The molecule has 0 bridgehead atoms. The third kappa shape index (κ3) is 2.69. The van der Waals surface area contributed by atoms with Crippen LogP contribution in [0.4, 0.5) is 4.39 Å². The van der Waals surface area contributed by atoms with Crippen LogP contribution in [0.15, 0.2) is 58.4 Å². The summed E-state index contributed by atoms with van der Waals surface area (Å²) in [6.45, 7) is 2.08. The molecule has 0 fully saturated rings. The Kier molecular flexibility index (Phi) is 3.72. The van der Waals surface area contributed by atoms with Crippen molar-refractivity contribution < 1.29 is 4.39 Å². The summed E-state index contributed by atoms with van der Waals surface area (Å²) < 4.78 is 14.1. The molecule has 2 aromatic carbocycles. The minimum Gasteiger partial charge on any atom is -0.207 e. The van der Waals surface area contributed by atoms with Gasteiger partial charge in [0, 0.05) is 10.4 Å². The largest absolute Gasteiger partial charge is 0.207 e. The van der Waals surface area contributed by atoms with Gasteiger partial charge in [0.05, 0.1) is 3.79 Å². The summed E-state index contributed by atoms with van der Waals surface area (Å²) in [5.74, 6) is -0.207. The van der Waals surface area contributed by atoms with E-state index >= 15 is 0 Å². The third-order valence-electron chi connectivity index (χ3n) is 3.17. The summed E-state index contributed by atoms with van der Waals surface area (Å²) in [5, 5.41) is 0. The number of thiophene rings is 1. The Morgan fingerprint density at radius 2 is 1.50 bits per heavy atom. The SMILES string of the molecule is Cc1ccc(-c2cc(Br)sc2-c2ccc(F)cc2)cc1. The highest BCUT2D eigenvalue weighted by atomic mass is 79.9. The smallest absolute Gasteiger partial charge is 0.123 e. The summed E-state index contributed by atoms with van der Waals surface area (Å²) in [6.07, 6.45) is 0. The molecule has 0 atom stereocenters. The Bertz CT molecular complexity index is 664. The molecule has 0 N–H and O–H groups in total. The quantitative estimate of drug-likeness (QED) is 0.511. The van der Waals surface area contributed by atoms with Crippen molar-refractivity contribution in [1.82, 2.24) is 0 Å². The molecule has 3 aromatic rings. The molecule has 0 saturated carbocycles. The molecule has 3 heteroatoms. The first-order valence-electron chi connectivity index (χ1n) is 6.26. The molecule has 0 aliphatic rings. The monoisotopic (exact) mass is 346 g/mol. The number of rotatable bonds is 2. The highest BCUT2D eigenvalue weighted by molar-refractivity contribution is 9.11. The van der Waals surface area contributed by atoms with Crippen LogP contribution in [0.3, 0.4) is 0 Å². The first-order valence-corrected chi connectivity index (χ1v) is 7.87. The topological polar surface area (TPSA) is 0 Å². The normalized spacial score (nSPS) is 10.8. The second kappa shape index (κ2) is 5.51. The molecule has 20 heavy (non-hydrogen) atoms. The van der Waals surface area contributed by atoms with Gasteiger partial charge < -0.3 is 0 Å². The van der Waals surface area contributed by atoms with Crippen molar-refractivity contribution in [2.45, 2.75) is 6.92 Å². The number of hydrogen-bond donors (Lipinski definition) is 0. The van der Waals surface area contributed by atoms with Gasteiger partial charge in [-0.3, -0.25) is 0 Å². The Balaban J connectivity index is 2.12. The van der Waals surface area contributed by atoms with Gasteiger partial charge in [0.25, 0.3) is 0 Å². The van der Waals surface area contributed by atoms with Gasteiger partial charge >= 0.3 is 0 Å². The first-order chi connectivity index (χ1) is 9.63. The van der Waals surface area contributed by atoms with Gasteiger partial charge in [0.1, 0.15) is 5.82 Å². The molecule has 1 aromatic heterocycles. The second-order valence-electron chi connectivity index (χ2n) is 4.67. The van der Waals surface area contributed by atoms with Crippen LogP contribution in [0.2, 0.25) is 0 Å². The fraction of sp³-hybridized carbons (Fsp3) is 0.0588. The predicted octanol–water partition coefficient (Wildman–Crippen LogP) is 6.29. The maximum absolute atomic E-state index is 13.1. The van der Waals surface area contributed by atoms with Crippen LogP contribution in [-0.2, 0) is 0 Å². The van der Waals surface area contributed by atoms with Crippen molar-refractivity contribution in [2.75, 3.05) is 0 Å². The van der Waals surface area contributed by atoms with E-state index in [2.05, 4.69) is 53.2 Å². The standard InChI is InChI=1S/C17H12BrFS/c1-11-2-4-12(5-3-11)15-10-16(18)20-17(15)13-6-8-14(19)9-7-13/h2-10H,1H3. The zero-order chi connectivity index (χ0) is 14.1. The third-order valence-corrected chi connectivity index (χ3v) is 4.86. The van der Waals surface area contributed by atoms with E-state index in [9.17, 15) is 4.39 Å². The Morgan fingerprint density at radius 1 is 0.900 bits per heavy atom. The fourth-order valence-corrected chi connectivity index (χ4v) is 3.75. The molecule has 0 aliphatic carbocycles. The van der Waals surface area contributed by atoms with Crippen LogP contribution in [0, 0.1) is 12.7 Å². The fourth-order valence-electron chi connectivity index (χ4n) is 2.12. The number of aryl methyl sites for hydroxylation is 1. The molecule has 0 unspecified atom stereocenters. The predicted molar refractivity (Wildman–Crippen MR) is 87.6 cm³/mol. The first kappa shape index (κ1) is 13.5. The number of halogens is 2. The molecule has 0 spiro atoms. The average molecular weight is 347 g/mol. The summed E-state index contributed by atoms with van der Waals surface area (Å²) in [6, 6.07) is 17.2. The van der Waals surface area contributed by atoms with Gasteiger partial charge in [0.2, 0.25) is 0 Å². The lowest BCUT2D eigenvalue weighted by atomic mass is 10.0. The van der Waals surface area contributed by atoms with E-state index in [1.807, 2.05) is 12.1 Å². The number of hydrogen-bond acceptors (Lipinski definition) is 1. The molecule has 0 saturated heterocycles. The van der Waals surface area contributed by atoms with E-state index in [1.54, 1.807) is 11.3 Å². The number of benzene rings is 2. The van der Waals surface area contributed by atoms with Crippen LogP contribution in [0.25, 0.3) is 21.6 Å². The molecule has 1 heterocycles. The van der Waals surface area contributed by atoms with E-state index in [0.717, 1.165) is 14.2 Å². The van der Waals surface area contributed by atoms with E-state index in [0.29, 0.717) is 0 Å². The lowest BCUT2D eigenvalue weighted by Gasteiger charge is -2.05. The lowest BCUT2D eigenvalue weighted by molar-refractivity contribution is 0.628. The Labute approximate surface area is 130 Å². The van der Waals surface area contributed by atoms with Crippen LogP contribution in [-0.4, -0.2) is 0 Å². The second-order valence-corrected chi connectivity index (χ2v) is 7.10. The van der Waals surface area contributed by atoms with E-state index in [4.69, 9.17) is 0 Å². The average Bonchev–Trinajstić information content (AvgIpc) is 2.82. The maximum Gasteiger partial charge on any atom is 0.123 e. The van der Waals surface area contributed by atoms with E-state index in [1.165, 1.54) is 28.8 Å². The van der Waals surface area contributed by atoms with Crippen LogP contribution < -0.4 is 0 Å². The van der Waals surface area contributed by atoms with E-state index < -0.39 is 0 Å². The maximum atomic E-state index is 13.1. The summed E-state index contributed by atoms with van der Waals surface area (Å²) in [5.41, 5.74) is 4.63. The van der Waals surface area contributed by atoms with Crippen molar-refractivity contribution in [3.63, 3.8) is 0 Å². The minimum absolute atomic E-state index is 0.207. The highest BCUT2D eigenvalue weighted by Crippen LogP contribution is 2.41.